The molecular formula is C15H20BrN3. The molecule has 19 heavy (non-hydrogen) atoms. The Balaban J connectivity index is 2.23. The molecular weight excluding hydrogens is 302 g/mol. The number of fused-ring (bicyclic) bond motifs is 1. The van der Waals surface area contributed by atoms with Crippen LogP contribution >= 0.6 is 15.9 Å². The van der Waals surface area contributed by atoms with Crippen LogP contribution in [0.1, 0.15) is 37.7 Å². The van der Waals surface area contributed by atoms with E-state index in [-0.39, 0.29) is 5.41 Å². The molecule has 3 rings (SSSR count). The van der Waals surface area contributed by atoms with E-state index in [1.807, 2.05) is 11.7 Å². The third-order valence-electron chi connectivity index (χ3n) is 4.59. The number of nitrogens with zero attached hydrogens (tertiary/aromatic N) is 2. The lowest BCUT2D eigenvalue weighted by molar-refractivity contribution is 0.302. The van der Waals surface area contributed by atoms with E-state index in [1.165, 1.54) is 48.6 Å². The van der Waals surface area contributed by atoms with Gasteiger partial charge in [-0.1, -0.05) is 37.5 Å². The lowest BCUT2D eigenvalue weighted by atomic mass is 9.69. The topological polar surface area (TPSA) is 43.8 Å². The number of aromatic nitrogens is 2. The van der Waals surface area contributed by atoms with Gasteiger partial charge in [-0.3, -0.25) is 4.68 Å². The maximum Gasteiger partial charge on any atom is 0.135 e. The van der Waals surface area contributed by atoms with Gasteiger partial charge in [0.15, 0.2) is 0 Å². The van der Waals surface area contributed by atoms with Gasteiger partial charge in [0.1, 0.15) is 4.60 Å². The smallest absolute Gasteiger partial charge is 0.135 e. The molecule has 1 fully saturated rings. The van der Waals surface area contributed by atoms with Crippen LogP contribution in [0.25, 0.3) is 10.9 Å². The van der Waals surface area contributed by atoms with Crippen LogP contribution in [-0.4, -0.2) is 16.3 Å². The molecule has 4 heteroatoms. The first-order valence-electron chi connectivity index (χ1n) is 7.00. The molecule has 1 heterocycles. The van der Waals surface area contributed by atoms with Gasteiger partial charge < -0.3 is 5.73 Å². The fourth-order valence-electron chi connectivity index (χ4n) is 3.53. The van der Waals surface area contributed by atoms with Crippen LogP contribution in [0, 0.1) is 0 Å². The molecule has 102 valence electrons. The summed E-state index contributed by atoms with van der Waals surface area (Å²) in [6, 6.07) is 6.51. The van der Waals surface area contributed by atoms with Gasteiger partial charge in [0.2, 0.25) is 0 Å². The molecule has 2 N–H and O–H groups in total. The summed E-state index contributed by atoms with van der Waals surface area (Å²) in [6.07, 6.45) is 6.31. The van der Waals surface area contributed by atoms with Crippen molar-refractivity contribution in [2.45, 2.75) is 37.5 Å². The number of aryl methyl sites for hydroxylation is 1. The Morgan fingerprint density at radius 1 is 1.32 bits per heavy atom. The molecule has 0 saturated heterocycles. The lowest BCUT2D eigenvalue weighted by Gasteiger charge is -2.37. The molecule has 0 radical (unpaired) electrons. The standard InChI is InChI=1S/C15H20BrN3/c1-19-13-11(14(16)18-19)6-5-7-12(13)15(10-17)8-3-2-4-9-15/h5-7H,2-4,8-10,17H2,1H3. The van der Waals surface area contributed by atoms with Gasteiger partial charge in [-0.15, -0.1) is 0 Å². The van der Waals surface area contributed by atoms with Crippen molar-refractivity contribution in [2.75, 3.05) is 6.54 Å². The minimum atomic E-state index is 0.144. The maximum atomic E-state index is 6.18. The van der Waals surface area contributed by atoms with Gasteiger partial charge in [0.25, 0.3) is 0 Å². The summed E-state index contributed by atoms with van der Waals surface area (Å²) >= 11 is 3.55. The summed E-state index contributed by atoms with van der Waals surface area (Å²) in [4.78, 5) is 0. The van der Waals surface area contributed by atoms with Crippen molar-refractivity contribution >= 4 is 26.8 Å². The molecule has 0 unspecified atom stereocenters. The number of hydrogen-bond donors (Lipinski definition) is 1. The van der Waals surface area contributed by atoms with Crippen LogP contribution in [0.3, 0.4) is 0 Å². The number of para-hydroxylation sites is 1. The Hall–Kier alpha value is -0.870. The highest BCUT2D eigenvalue weighted by Gasteiger charge is 2.34. The van der Waals surface area contributed by atoms with Crippen molar-refractivity contribution in [3.63, 3.8) is 0 Å². The van der Waals surface area contributed by atoms with Crippen LogP contribution in [0.4, 0.5) is 0 Å². The highest BCUT2D eigenvalue weighted by atomic mass is 79.9. The van der Waals surface area contributed by atoms with E-state index in [4.69, 9.17) is 5.73 Å². The summed E-state index contributed by atoms with van der Waals surface area (Å²) in [5.41, 5.74) is 8.94. The van der Waals surface area contributed by atoms with Crippen molar-refractivity contribution in [3.8, 4) is 0 Å². The molecule has 1 aromatic carbocycles. The number of benzene rings is 1. The Kier molecular flexibility index (Phi) is 3.39. The quantitative estimate of drug-likeness (QED) is 0.920. The second-order valence-corrected chi connectivity index (χ2v) is 6.41. The Labute approximate surface area is 122 Å². The molecule has 2 aromatic rings. The molecule has 1 aliphatic rings. The summed E-state index contributed by atoms with van der Waals surface area (Å²) in [5.74, 6) is 0. The molecule has 1 aromatic heterocycles. The van der Waals surface area contributed by atoms with Crippen LogP contribution < -0.4 is 5.73 Å². The first-order chi connectivity index (χ1) is 9.18. The minimum Gasteiger partial charge on any atom is -0.330 e. The maximum absolute atomic E-state index is 6.18. The van der Waals surface area contributed by atoms with E-state index < -0.39 is 0 Å². The Morgan fingerprint density at radius 3 is 2.74 bits per heavy atom. The number of rotatable bonds is 2. The van der Waals surface area contributed by atoms with E-state index in [0.717, 1.165) is 11.1 Å². The van der Waals surface area contributed by atoms with E-state index in [1.54, 1.807) is 0 Å². The van der Waals surface area contributed by atoms with Crippen LogP contribution in [-0.2, 0) is 12.5 Å². The zero-order valence-corrected chi connectivity index (χ0v) is 12.9. The van der Waals surface area contributed by atoms with E-state index >= 15 is 0 Å². The van der Waals surface area contributed by atoms with Crippen molar-refractivity contribution in [3.05, 3.63) is 28.4 Å². The van der Waals surface area contributed by atoms with Gasteiger partial charge in [-0.2, -0.15) is 5.10 Å². The fraction of sp³-hybridized carbons (Fsp3) is 0.533. The van der Waals surface area contributed by atoms with Gasteiger partial charge in [0.05, 0.1) is 5.52 Å². The van der Waals surface area contributed by atoms with Crippen molar-refractivity contribution in [2.24, 2.45) is 12.8 Å². The van der Waals surface area contributed by atoms with E-state index in [0.29, 0.717) is 0 Å². The highest BCUT2D eigenvalue weighted by Crippen LogP contribution is 2.42. The third-order valence-corrected chi connectivity index (χ3v) is 5.18. The fourth-order valence-corrected chi connectivity index (χ4v) is 4.09. The molecule has 0 aliphatic heterocycles. The van der Waals surface area contributed by atoms with E-state index in [9.17, 15) is 0 Å². The molecule has 1 aliphatic carbocycles. The second kappa shape index (κ2) is 4.91. The SMILES string of the molecule is Cn1nc(Br)c2cccc(C3(CN)CCCCC3)c21. The van der Waals surface area contributed by atoms with Crippen molar-refractivity contribution in [1.29, 1.82) is 0 Å². The first-order valence-corrected chi connectivity index (χ1v) is 7.79. The molecule has 0 amide bonds. The molecule has 0 spiro atoms. The molecule has 3 nitrogen and oxygen atoms in total. The largest absolute Gasteiger partial charge is 0.330 e. The predicted octanol–water partition coefficient (Wildman–Crippen LogP) is 3.50. The average Bonchev–Trinajstić information content (AvgIpc) is 2.75. The molecule has 1 saturated carbocycles. The third kappa shape index (κ3) is 2.01. The number of halogens is 1. The molecule has 0 atom stereocenters. The summed E-state index contributed by atoms with van der Waals surface area (Å²) in [7, 11) is 2.02. The first kappa shape index (κ1) is 13.1. The lowest BCUT2D eigenvalue weighted by Crippen LogP contribution is -2.37. The van der Waals surface area contributed by atoms with Crippen LogP contribution in [0.15, 0.2) is 22.8 Å². The number of hydrogen-bond acceptors (Lipinski definition) is 2. The van der Waals surface area contributed by atoms with Crippen molar-refractivity contribution in [1.82, 2.24) is 9.78 Å². The second-order valence-electron chi connectivity index (χ2n) is 5.66. The van der Waals surface area contributed by atoms with Crippen LogP contribution in [0.5, 0.6) is 0 Å². The summed E-state index contributed by atoms with van der Waals surface area (Å²) in [5, 5.41) is 5.70. The normalized spacial score (nSPS) is 18.9. The molecule has 0 bridgehead atoms. The number of nitrogens with two attached hydrogens (primary N) is 1. The van der Waals surface area contributed by atoms with Gasteiger partial charge in [-0.05, 0) is 34.3 Å². The Bertz CT molecular complexity index is 597. The average molecular weight is 322 g/mol. The van der Waals surface area contributed by atoms with E-state index in [2.05, 4.69) is 39.2 Å². The van der Waals surface area contributed by atoms with Crippen LogP contribution in [0.2, 0.25) is 0 Å². The zero-order chi connectivity index (χ0) is 13.5. The monoisotopic (exact) mass is 321 g/mol. The van der Waals surface area contributed by atoms with Gasteiger partial charge >= 0.3 is 0 Å². The minimum absolute atomic E-state index is 0.144. The summed E-state index contributed by atoms with van der Waals surface area (Å²) in [6.45, 7) is 0.731. The van der Waals surface area contributed by atoms with Gasteiger partial charge in [0, 0.05) is 24.4 Å². The van der Waals surface area contributed by atoms with Gasteiger partial charge in [-0.25, -0.2) is 0 Å². The Morgan fingerprint density at radius 2 is 2.05 bits per heavy atom. The zero-order valence-electron chi connectivity index (χ0n) is 11.3. The van der Waals surface area contributed by atoms with Crippen molar-refractivity contribution < 1.29 is 0 Å². The highest BCUT2D eigenvalue weighted by molar-refractivity contribution is 9.10. The predicted molar refractivity (Wildman–Crippen MR) is 82.2 cm³/mol. The summed E-state index contributed by atoms with van der Waals surface area (Å²) < 4.78 is 2.91.